The van der Waals surface area contributed by atoms with Crippen LogP contribution < -0.4 is 5.32 Å². The van der Waals surface area contributed by atoms with E-state index in [1.54, 1.807) is 13.0 Å². The first kappa shape index (κ1) is 33.7. The van der Waals surface area contributed by atoms with Gasteiger partial charge >= 0.3 is 0 Å². The summed E-state index contributed by atoms with van der Waals surface area (Å²) in [4.78, 5) is 16.8. The van der Waals surface area contributed by atoms with Crippen LogP contribution in [0.1, 0.15) is 66.9 Å². The van der Waals surface area contributed by atoms with Gasteiger partial charge in [-0.05, 0) is 79.1 Å². The number of β-amino-alcohol motifs (C(OH)–C–C–N with tert-alkyl or cyclic N) is 1. The Morgan fingerprint density at radius 1 is 1.22 bits per heavy atom. The Kier molecular flexibility index (Phi) is 17.7. The van der Waals surface area contributed by atoms with Gasteiger partial charge in [0.15, 0.2) is 5.78 Å². The molecule has 0 bridgehead atoms. The van der Waals surface area contributed by atoms with Crippen molar-refractivity contribution < 1.29 is 9.90 Å². The summed E-state index contributed by atoms with van der Waals surface area (Å²) in [6, 6.07) is 8.20. The number of nitrogens with zero attached hydrogens (tertiary/aromatic N) is 2. The molecule has 2 rings (SSSR count). The topological polar surface area (TPSA) is 55.8 Å². The van der Waals surface area contributed by atoms with E-state index in [1.165, 1.54) is 5.56 Å². The zero-order chi connectivity index (χ0) is 27.7. The lowest BCUT2D eigenvalue weighted by Crippen LogP contribution is -2.43. The molecule has 1 aliphatic heterocycles. The van der Waals surface area contributed by atoms with Gasteiger partial charge in [-0.15, -0.1) is 6.58 Å². The summed E-state index contributed by atoms with van der Waals surface area (Å²) >= 11 is 5.68. The zero-order valence-corrected chi connectivity index (χ0v) is 24.6. The van der Waals surface area contributed by atoms with Gasteiger partial charge in [-0.1, -0.05) is 56.4 Å². The molecule has 0 spiro atoms. The van der Waals surface area contributed by atoms with Crippen LogP contribution in [0, 0.1) is 12.8 Å². The minimum absolute atomic E-state index is 0.0424. The van der Waals surface area contributed by atoms with E-state index >= 15 is 0 Å². The smallest absolute Gasteiger partial charge is 0.156 e. The first-order chi connectivity index (χ1) is 17.1. The van der Waals surface area contributed by atoms with Crippen molar-refractivity contribution >= 4 is 28.7 Å². The molecule has 2 N–H and O–H groups in total. The molecule has 1 saturated heterocycles. The Bertz CT molecular complexity index is 871. The second-order valence-corrected chi connectivity index (χ2v) is 9.33. The SMILES string of the molecule is C/C=C(\C)N(/C=C(\C)C(C)=O)CC(O)CN1CCC(C(=S)Nc2ccccc2C)CC1.C=CC.CC. The van der Waals surface area contributed by atoms with Crippen LogP contribution in [0.4, 0.5) is 5.69 Å². The van der Waals surface area contributed by atoms with E-state index in [2.05, 4.69) is 35.9 Å². The van der Waals surface area contributed by atoms with Gasteiger partial charge in [-0.25, -0.2) is 0 Å². The maximum absolute atomic E-state index is 11.6. The molecule has 0 saturated carbocycles. The molecular weight excluding hydrogens is 466 g/mol. The van der Waals surface area contributed by atoms with Crippen molar-refractivity contribution in [2.45, 2.75) is 74.3 Å². The number of anilines is 1. The van der Waals surface area contributed by atoms with Gasteiger partial charge in [-0.2, -0.15) is 0 Å². The third-order valence-electron chi connectivity index (χ3n) is 6.01. The maximum Gasteiger partial charge on any atom is 0.156 e. The third kappa shape index (κ3) is 12.6. The number of para-hydroxylation sites is 1. The maximum atomic E-state index is 11.6. The van der Waals surface area contributed by atoms with Crippen LogP contribution in [0.3, 0.4) is 0 Å². The molecule has 1 aromatic carbocycles. The van der Waals surface area contributed by atoms with Gasteiger partial charge in [0, 0.05) is 42.2 Å². The molecule has 0 aromatic heterocycles. The summed E-state index contributed by atoms with van der Waals surface area (Å²) in [6.07, 6.45) is 7.06. The lowest BCUT2D eigenvalue weighted by Gasteiger charge is -2.34. The number of rotatable bonds is 9. The van der Waals surface area contributed by atoms with E-state index in [4.69, 9.17) is 12.2 Å². The number of thiocarbonyl (C=S) groups is 1. The largest absolute Gasteiger partial charge is 0.390 e. The van der Waals surface area contributed by atoms with Crippen LogP contribution in [0.15, 0.2) is 60.5 Å². The van der Waals surface area contributed by atoms with E-state index in [-0.39, 0.29) is 5.78 Å². The number of aryl methyl sites for hydroxylation is 1. The minimum Gasteiger partial charge on any atom is -0.390 e. The second kappa shape index (κ2) is 18.9. The average molecular weight is 516 g/mol. The molecule has 0 radical (unpaired) electrons. The van der Waals surface area contributed by atoms with Crippen molar-refractivity contribution in [3.05, 3.63) is 66.0 Å². The molecule has 1 unspecified atom stereocenters. The number of hydrogen-bond acceptors (Lipinski definition) is 5. The molecule has 36 heavy (non-hydrogen) atoms. The first-order valence-corrected chi connectivity index (χ1v) is 13.5. The fourth-order valence-corrected chi connectivity index (χ4v) is 4.04. The summed E-state index contributed by atoms with van der Waals surface area (Å²) in [6.45, 7) is 21.6. The fraction of sp³-hybridized carbons (Fsp3) is 0.533. The Labute approximate surface area is 226 Å². The van der Waals surface area contributed by atoms with E-state index in [0.717, 1.165) is 42.3 Å². The van der Waals surface area contributed by atoms with Crippen LogP contribution in [0.25, 0.3) is 0 Å². The molecule has 5 nitrogen and oxygen atoms in total. The Balaban J connectivity index is 0.00000227. The normalized spacial score (nSPS) is 15.5. The van der Waals surface area contributed by atoms with Crippen LogP contribution in [0.2, 0.25) is 0 Å². The summed E-state index contributed by atoms with van der Waals surface area (Å²) in [7, 11) is 0. The van der Waals surface area contributed by atoms with Gasteiger partial charge < -0.3 is 20.2 Å². The first-order valence-electron chi connectivity index (χ1n) is 13.1. The number of benzene rings is 1. The summed E-state index contributed by atoms with van der Waals surface area (Å²) in [5.41, 5.74) is 3.98. The highest BCUT2D eigenvalue weighted by atomic mass is 32.1. The number of carbonyl (C=O) groups is 1. The fourth-order valence-electron chi connectivity index (χ4n) is 3.70. The van der Waals surface area contributed by atoms with Gasteiger partial charge in [0.1, 0.15) is 0 Å². The quantitative estimate of drug-likeness (QED) is 0.216. The van der Waals surface area contributed by atoms with Crippen LogP contribution in [-0.4, -0.2) is 58.0 Å². The van der Waals surface area contributed by atoms with Crippen molar-refractivity contribution in [2.24, 2.45) is 5.92 Å². The number of Topliss-reactive ketones (excluding diaryl/α,β-unsaturated/α-hetero) is 1. The number of hydrogen-bond donors (Lipinski definition) is 2. The van der Waals surface area contributed by atoms with E-state index in [9.17, 15) is 9.90 Å². The lowest BCUT2D eigenvalue weighted by molar-refractivity contribution is -0.113. The molecule has 0 amide bonds. The molecule has 1 aliphatic rings. The Morgan fingerprint density at radius 3 is 2.28 bits per heavy atom. The van der Waals surface area contributed by atoms with Crippen LogP contribution >= 0.6 is 12.2 Å². The standard InChI is InChI=1S/C25H37N3O2S.C3H6.C2H6/c1-6-20(4)28(15-19(3)21(5)29)17-23(30)16-27-13-11-22(12-14-27)25(31)26-24-10-8-7-9-18(24)2;1-3-2;1-2/h6-10,15,22-23,30H,11-14,16-17H2,1-5H3,(H,26,31);3H,1H2,2H3;1-2H3/b19-15+,20-6+;;. The summed E-state index contributed by atoms with van der Waals surface area (Å²) in [5, 5.41) is 14.1. The molecule has 202 valence electrons. The van der Waals surface area contributed by atoms with Gasteiger partial charge in [0.05, 0.1) is 11.1 Å². The highest BCUT2D eigenvalue weighted by Crippen LogP contribution is 2.22. The zero-order valence-electron chi connectivity index (χ0n) is 23.8. The summed E-state index contributed by atoms with van der Waals surface area (Å²) in [5.74, 6) is 0.409. The number of piperidine rings is 1. The molecule has 1 aromatic rings. The Hall–Kier alpha value is -2.28. The van der Waals surface area contributed by atoms with E-state index in [1.807, 2.05) is 70.9 Å². The predicted octanol–water partition coefficient (Wildman–Crippen LogP) is 6.74. The highest BCUT2D eigenvalue weighted by Gasteiger charge is 2.24. The van der Waals surface area contributed by atoms with Crippen molar-refractivity contribution in [3.8, 4) is 0 Å². The molecule has 0 aliphatic carbocycles. The predicted molar refractivity (Wildman–Crippen MR) is 160 cm³/mol. The number of aliphatic hydroxyl groups excluding tert-OH is 1. The Morgan fingerprint density at radius 2 is 1.78 bits per heavy atom. The molecule has 1 fully saturated rings. The third-order valence-corrected chi connectivity index (χ3v) is 6.45. The molecular formula is C30H49N3O2S. The van der Waals surface area contributed by atoms with Crippen molar-refractivity contribution in [3.63, 3.8) is 0 Å². The van der Waals surface area contributed by atoms with Gasteiger partial charge in [0.25, 0.3) is 0 Å². The van der Waals surface area contributed by atoms with Crippen molar-refractivity contribution in [2.75, 3.05) is 31.5 Å². The highest BCUT2D eigenvalue weighted by molar-refractivity contribution is 7.80. The summed E-state index contributed by atoms with van der Waals surface area (Å²) < 4.78 is 0. The monoisotopic (exact) mass is 515 g/mol. The number of aliphatic hydroxyl groups is 1. The van der Waals surface area contributed by atoms with Gasteiger partial charge in [0.2, 0.25) is 0 Å². The molecule has 1 heterocycles. The number of likely N-dealkylation sites (tertiary alicyclic amines) is 1. The second-order valence-electron chi connectivity index (χ2n) is 8.89. The van der Waals surface area contributed by atoms with Crippen molar-refractivity contribution in [1.82, 2.24) is 9.80 Å². The van der Waals surface area contributed by atoms with Gasteiger partial charge in [-0.3, -0.25) is 4.79 Å². The average Bonchev–Trinajstić information content (AvgIpc) is 2.86. The lowest BCUT2D eigenvalue weighted by atomic mass is 9.96. The molecule has 1 atom stereocenters. The molecule has 6 heteroatoms. The van der Waals surface area contributed by atoms with E-state index < -0.39 is 6.10 Å². The number of allylic oxidation sites excluding steroid dienone is 4. The number of ketones is 1. The van der Waals surface area contributed by atoms with Crippen LogP contribution in [-0.2, 0) is 4.79 Å². The number of carbonyl (C=O) groups excluding carboxylic acids is 1. The van der Waals surface area contributed by atoms with Crippen LogP contribution in [0.5, 0.6) is 0 Å². The number of nitrogens with one attached hydrogen (secondary N) is 1. The van der Waals surface area contributed by atoms with Crippen molar-refractivity contribution in [1.29, 1.82) is 0 Å². The van der Waals surface area contributed by atoms with E-state index in [0.29, 0.717) is 24.6 Å². The minimum atomic E-state index is -0.500.